The van der Waals surface area contributed by atoms with Gasteiger partial charge in [-0.15, -0.1) is 0 Å². The fourth-order valence-electron chi connectivity index (χ4n) is 3.29. The van der Waals surface area contributed by atoms with Gasteiger partial charge in [0, 0.05) is 19.6 Å². The molecule has 7 nitrogen and oxygen atoms in total. The molecule has 29 heavy (non-hydrogen) atoms. The fraction of sp³-hybridized carbons (Fsp3) is 0.381. The number of nitrogens with one attached hydrogen (secondary N) is 2. The zero-order valence-electron chi connectivity index (χ0n) is 16.9. The molecule has 0 saturated heterocycles. The van der Waals surface area contributed by atoms with Crippen LogP contribution in [0.2, 0.25) is 0 Å². The van der Waals surface area contributed by atoms with Crippen LogP contribution in [0.1, 0.15) is 18.1 Å². The number of methoxy groups -OCH3 is 1. The summed E-state index contributed by atoms with van der Waals surface area (Å²) in [5.41, 5.74) is 2.89. The molecule has 2 N–H and O–H groups in total. The Labute approximate surface area is 172 Å². The van der Waals surface area contributed by atoms with Gasteiger partial charge in [-0.25, -0.2) is 13.4 Å². The Morgan fingerprint density at radius 3 is 2.79 bits per heavy atom. The predicted octanol–water partition coefficient (Wildman–Crippen LogP) is 2.14. The van der Waals surface area contributed by atoms with Gasteiger partial charge >= 0.3 is 0 Å². The van der Waals surface area contributed by atoms with Gasteiger partial charge in [-0.05, 0) is 42.7 Å². The summed E-state index contributed by atoms with van der Waals surface area (Å²) in [6.07, 6.45) is 0.757. The molecule has 2 aromatic rings. The molecule has 1 aliphatic rings. The number of nitrogens with zero attached hydrogens (tertiary/aromatic N) is 2. The van der Waals surface area contributed by atoms with Crippen LogP contribution in [0.15, 0.2) is 53.5 Å². The van der Waals surface area contributed by atoms with E-state index in [1.807, 2.05) is 55.5 Å². The van der Waals surface area contributed by atoms with Gasteiger partial charge in [-0.3, -0.25) is 4.31 Å². The van der Waals surface area contributed by atoms with Gasteiger partial charge in [-0.2, -0.15) is 0 Å². The second-order valence-corrected chi connectivity index (χ2v) is 8.75. The van der Waals surface area contributed by atoms with Crippen molar-refractivity contribution in [1.82, 2.24) is 10.6 Å². The molecule has 0 bridgehead atoms. The zero-order valence-corrected chi connectivity index (χ0v) is 17.7. The summed E-state index contributed by atoms with van der Waals surface area (Å²) in [6.45, 7) is 3.92. The molecule has 0 unspecified atom stereocenters. The molecule has 0 amide bonds. The standard InChI is InChI=1S/C21H28N4O3S/c1-3-22-21(24-16-17-7-6-9-19(15-17)28-2)23-12-14-29(26,27)25-13-11-18-8-4-5-10-20(18)25/h4-10,15H,3,11-14,16H2,1-2H3,(H2,22,23,24). The minimum atomic E-state index is -3.39. The monoisotopic (exact) mass is 416 g/mol. The van der Waals surface area contributed by atoms with E-state index >= 15 is 0 Å². The Bertz CT molecular complexity index is 960. The zero-order chi connectivity index (χ0) is 20.7. The van der Waals surface area contributed by atoms with Crippen molar-refractivity contribution in [2.24, 2.45) is 4.99 Å². The third-order valence-electron chi connectivity index (χ3n) is 4.73. The lowest BCUT2D eigenvalue weighted by Gasteiger charge is -2.20. The molecule has 1 heterocycles. The maximum Gasteiger partial charge on any atom is 0.236 e. The highest BCUT2D eigenvalue weighted by atomic mass is 32.2. The number of fused-ring (bicyclic) bond motifs is 1. The van der Waals surface area contributed by atoms with Crippen LogP contribution in [-0.2, 0) is 23.0 Å². The molecule has 3 rings (SSSR count). The van der Waals surface area contributed by atoms with E-state index in [1.54, 1.807) is 7.11 Å². The number of hydrogen-bond donors (Lipinski definition) is 2. The van der Waals surface area contributed by atoms with Crippen LogP contribution in [0.5, 0.6) is 5.75 Å². The summed E-state index contributed by atoms with van der Waals surface area (Å²) in [4.78, 5) is 4.54. The Balaban J connectivity index is 1.59. The molecule has 0 saturated carbocycles. The SMILES string of the molecule is CCNC(=NCc1cccc(OC)c1)NCCS(=O)(=O)N1CCc2ccccc21. The van der Waals surface area contributed by atoms with Gasteiger partial charge in [-0.1, -0.05) is 30.3 Å². The molecule has 1 aliphatic heterocycles. The minimum absolute atomic E-state index is 0.00487. The highest BCUT2D eigenvalue weighted by Crippen LogP contribution is 2.29. The van der Waals surface area contributed by atoms with Crippen molar-refractivity contribution >= 4 is 21.7 Å². The largest absolute Gasteiger partial charge is 0.497 e. The smallest absolute Gasteiger partial charge is 0.236 e. The Morgan fingerprint density at radius 2 is 2.00 bits per heavy atom. The third-order valence-corrected chi connectivity index (χ3v) is 6.50. The molecular weight excluding hydrogens is 388 g/mol. The van der Waals surface area contributed by atoms with Crippen molar-refractivity contribution in [3.8, 4) is 5.75 Å². The number of para-hydroxylation sites is 1. The van der Waals surface area contributed by atoms with Crippen molar-refractivity contribution in [3.05, 3.63) is 59.7 Å². The summed E-state index contributed by atoms with van der Waals surface area (Å²) in [6, 6.07) is 15.4. The quantitative estimate of drug-likeness (QED) is 0.509. The van der Waals surface area contributed by atoms with Crippen LogP contribution < -0.4 is 19.7 Å². The molecule has 0 atom stereocenters. The van der Waals surface area contributed by atoms with Crippen molar-refractivity contribution < 1.29 is 13.2 Å². The van der Waals surface area contributed by atoms with E-state index in [1.165, 1.54) is 4.31 Å². The van der Waals surface area contributed by atoms with Crippen molar-refractivity contribution in [3.63, 3.8) is 0 Å². The predicted molar refractivity (Wildman–Crippen MR) is 117 cm³/mol. The number of aliphatic imine (C=N–C) groups is 1. The normalized spacial score (nSPS) is 13.9. The molecule has 0 fully saturated rings. The van der Waals surface area contributed by atoms with Crippen LogP contribution in [0.25, 0.3) is 0 Å². The summed E-state index contributed by atoms with van der Waals surface area (Å²) < 4.78 is 32.3. The van der Waals surface area contributed by atoms with Crippen LogP contribution in [0, 0.1) is 0 Å². The second kappa shape index (κ2) is 9.65. The van der Waals surface area contributed by atoms with Crippen molar-refractivity contribution in [1.29, 1.82) is 0 Å². The van der Waals surface area contributed by atoms with Gasteiger partial charge in [0.15, 0.2) is 5.96 Å². The number of guanidine groups is 1. The lowest BCUT2D eigenvalue weighted by molar-refractivity contribution is 0.414. The highest BCUT2D eigenvalue weighted by molar-refractivity contribution is 7.92. The first-order chi connectivity index (χ1) is 14.0. The number of rotatable bonds is 8. The van der Waals surface area contributed by atoms with E-state index in [0.717, 1.165) is 29.0 Å². The maximum absolute atomic E-state index is 12.8. The summed E-state index contributed by atoms with van der Waals surface area (Å²) in [5.74, 6) is 1.38. The number of benzene rings is 2. The Morgan fingerprint density at radius 1 is 1.17 bits per heavy atom. The van der Waals surface area contributed by atoms with Gasteiger partial charge in [0.25, 0.3) is 0 Å². The lowest BCUT2D eigenvalue weighted by Crippen LogP contribution is -2.42. The van der Waals surface area contributed by atoms with Gasteiger partial charge in [0.1, 0.15) is 5.75 Å². The van der Waals surface area contributed by atoms with E-state index in [9.17, 15) is 8.42 Å². The second-order valence-electron chi connectivity index (χ2n) is 6.74. The van der Waals surface area contributed by atoms with Gasteiger partial charge in [0.2, 0.25) is 10.0 Å². The molecule has 0 spiro atoms. The highest BCUT2D eigenvalue weighted by Gasteiger charge is 2.28. The Hall–Kier alpha value is -2.74. The first-order valence-electron chi connectivity index (χ1n) is 9.77. The number of anilines is 1. The summed E-state index contributed by atoms with van der Waals surface area (Å²) in [5, 5.41) is 6.28. The van der Waals surface area contributed by atoms with Crippen LogP contribution >= 0.6 is 0 Å². The van der Waals surface area contributed by atoms with E-state index < -0.39 is 10.0 Å². The third kappa shape index (κ3) is 5.41. The average molecular weight is 417 g/mol. The lowest BCUT2D eigenvalue weighted by atomic mass is 10.2. The molecule has 0 radical (unpaired) electrons. The summed E-state index contributed by atoms with van der Waals surface area (Å²) in [7, 11) is -1.76. The van der Waals surface area contributed by atoms with Crippen LogP contribution in [-0.4, -0.2) is 46.9 Å². The molecule has 2 aromatic carbocycles. The van der Waals surface area contributed by atoms with Crippen LogP contribution in [0.4, 0.5) is 5.69 Å². The van der Waals surface area contributed by atoms with E-state index in [2.05, 4.69) is 15.6 Å². The van der Waals surface area contributed by atoms with Crippen molar-refractivity contribution in [2.75, 3.05) is 36.8 Å². The topological polar surface area (TPSA) is 83.0 Å². The molecule has 156 valence electrons. The molecular formula is C21H28N4O3S. The van der Waals surface area contributed by atoms with E-state index in [4.69, 9.17) is 4.74 Å². The first-order valence-corrected chi connectivity index (χ1v) is 11.4. The average Bonchev–Trinajstić information content (AvgIpc) is 3.17. The fourth-order valence-corrected chi connectivity index (χ4v) is 4.72. The summed E-state index contributed by atoms with van der Waals surface area (Å²) >= 11 is 0. The first kappa shape index (κ1) is 21.0. The van der Waals surface area contributed by atoms with E-state index in [-0.39, 0.29) is 12.3 Å². The maximum atomic E-state index is 12.8. The molecule has 8 heteroatoms. The number of sulfonamides is 1. The number of hydrogen-bond acceptors (Lipinski definition) is 4. The van der Waals surface area contributed by atoms with Gasteiger partial charge < -0.3 is 15.4 Å². The minimum Gasteiger partial charge on any atom is -0.497 e. The van der Waals surface area contributed by atoms with Crippen LogP contribution in [0.3, 0.4) is 0 Å². The molecule has 0 aliphatic carbocycles. The Kier molecular flexibility index (Phi) is 6.98. The van der Waals surface area contributed by atoms with Gasteiger partial charge in [0.05, 0.1) is 25.1 Å². The van der Waals surface area contributed by atoms with Crippen molar-refractivity contribution in [2.45, 2.75) is 19.9 Å². The number of ether oxygens (including phenoxy) is 1. The molecule has 0 aromatic heterocycles. The van der Waals surface area contributed by atoms with E-state index in [0.29, 0.717) is 25.6 Å².